The Bertz CT molecular complexity index is 6600. The van der Waals surface area contributed by atoms with Crippen LogP contribution in [0.15, 0.2) is 304 Å². The number of fused-ring (bicyclic) bond motifs is 12. The molecule has 0 saturated carbocycles. The van der Waals surface area contributed by atoms with E-state index in [4.69, 9.17) is 63.1 Å². The van der Waals surface area contributed by atoms with Crippen LogP contribution in [0.4, 0.5) is 0 Å². The molecule has 0 saturated heterocycles. The third-order valence-electron chi connectivity index (χ3n) is 18.4. The molecule has 20 rings (SSSR count). The second-order valence-electron chi connectivity index (χ2n) is 24.6. The fourth-order valence-corrected chi connectivity index (χ4v) is 14.8. The van der Waals surface area contributed by atoms with E-state index in [-0.39, 0.29) is 0 Å². The molecule has 0 aliphatic rings. The van der Waals surface area contributed by atoms with Crippen LogP contribution in [0.1, 0.15) is 0 Å². The van der Waals surface area contributed by atoms with Crippen molar-refractivity contribution < 1.29 is 13.3 Å². The first-order valence-corrected chi connectivity index (χ1v) is 33.6. The van der Waals surface area contributed by atoms with E-state index in [9.17, 15) is 0 Å². The Labute approximate surface area is 573 Å². The largest absolute Gasteiger partial charge is 0.456 e. The Kier molecular flexibility index (Phi) is 13.1. The first-order valence-electron chi connectivity index (χ1n) is 32.8. The Morgan fingerprint density at radius 1 is 0.220 bits per heavy atom. The van der Waals surface area contributed by atoms with Gasteiger partial charge in [0.25, 0.3) is 0 Å². The highest BCUT2D eigenvalue weighted by Gasteiger charge is 2.25. The van der Waals surface area contributed by atoms with Crippen LogP contribution in [0.3, 0.4) is 0 Å². The lowest BCUT2D eigenvalue weighted by Gasteiger charge is -2.10. The maximum atomic E-state index is 6.92. The van der Waals surface area contributed by atoms with Gasteiger partial charge in [0.2, 0.25) is 0 Å². The molecule has 0 aliphatic heterocycles. The van der Waals surface area contributed by atoms with Crippen molar-refractivity contribution in [3.05, 3.63) is 291 Å². The Morgan fingerprint density at radius 3 is 1.32 bits per heavy atom. The number of hydrogen-bond acceptors (Lipinski definition) is 14. The molecule has 466 valence electrons. The smallest absolute Gasteiger partial charge is 0.180 e. The summed E-state index contributed by atoms with van der Waals surface area (Å²) in [4.78, 5) is 52.0. The molecule has 0 N–H and O–H groups in total. The van der Waals surface area contributed by atoms with Gasteiger partial charge in [0.1, 0.15) is 39.1 Å². The lowest BCUT2D eigenvalue weighted by Crippen LogP contribution is -2.00. The normalized spacial score (nSPS) is 11.8. The van der Waals surface area contributed by atoms with Crippen LogP contribution in [-0.4, -0.2) is 49.8 Å². The topological polar surface area (TPSA) is 168 Å². The zero-order valence-electron chi connectivity index (χ0n) is 52.8. The SMILES string of the molecule is c1ccc(-c2nc(-c3cccc(-c4ccc5oc6c(-c7ccc8c(c7)oc7c(-c9nc(-c%10ccccc%10)nc(-c%10ccccc%10)n9)cccc78)nc(-c7ccccc7)nc6c5c4)c3)nc(-c3ccc4oc5cccc(-c6nc(-c7ccccc7)nc7c6sc6ccccc67)c5c4c3)n2)cc1. The molecule has 0 aliphatic carbocycles. The monoisotopic (exact) mass is 1300 g/mol. The predicted octanol–water partition coefficient (Wildman–Crippen LogP) is 22.0. The minimum Gasteiger partial charge on any atom is -0.456 e. The lowest BCUT2D eigenvalue weighted by atomic mass is 10.0. The second-order valence-corrected chi connectivity index (χ2v) is 25.6. The van der Waals surface area contributed by atoms with E-state index >= 15 is 0 Å². The third-order valence-corrected chi connectivity index (χ3v) is 19.6. The molecule has 100 heavy (non-hydrogen) atoms. The van der Waals surface area contributed by atoms with Crippen LogP contribution in [0, 0.1) is 0 Å². The molecule has 12 aromatic carbocycles. The molecule has 0 radical (unpaired) electrons. The third kappa shape index (κ3) is 9.68. The van der Waals surface area contributed by atoms with Crippen LogP contribution in [-0.2, 0) is 0 Å². The van der Waals surface area contributed by atoms with Crippen LogP contribution in [0.5, 0.6) is 0 Å². The standard InChI is InChI=1S/C86H48N10O3S/c1-6-21-49(22-7-1)79-87-72(56-39-42-59-60-34-19-36-63(76(60)99-69(59)48-56)86-95-82(52-27-12-4-13-28-52)91-83(96-86)53-29-14-5-15-30-53)77-73(88-79)65-46-55(40-43-67(65)98-77)54-31-18-32-57(45-54)84-92-81(51-25-10-3-11-26-51)93-85(94-84)58-41-44-66-64(47-58)71-62(35-20-37-68(71)97-66)75-78-74(61-33-16-17-38-70(61)100-78)89-80(90-75)50-23-8-2-9-24-50/h1-48H. The first-order chi connectivity index (χ1) is 49.5. The number of benzene rings is 12. The number of thiophene rings is 1. The van der Waals surface area contributed by atoms with Gasteiger partial charge in [-0.3, -0.25) is 0 Å². The number of furan rings is 3. The average molecular weight is 1300 g/mol. The highest BCUT2D eigenvalue weighted by molar-refractivity contribution is 7.26. The number of hydrogen-bond donors (Lipinski definition) is 0. The maximum absolute atomic E-state index is 6.92. The Hall–Kier alpha value is -13.6. The van der Waals surface area contributed by atoms with Gasteiger partial charge < -0.3 is 13.3 Å². The fraction of sp³-hybridized carbons (Fsp3) is 0. The van der Waals surface area contributed by atoms with Gasteiger partial charge in [-0.25, -0.2) is 49.8 Å². The molecular weight excluding hydrogens is 1250 g/mol. The van der Waals surface area contributed by atoms with Crippen molar-refractivity contribution in [2.24, 2.45) is 0 Å². The van der Waals surface area contributed by atoms with E-state index in [0.717, 1.165) is 131 Å². The minimum atomic E-state index is 0.504. The van der Waals surface area contributed by atoms with Crippen LogP contribution < -0.4 is 0 Å². The zero-order chi connectivity index (χ0) is 65.8. The second kappa shape index (κ2) is 23.1. The van der Waals surface area contributed by atoms with E-state index in [1.165, 1.54) is 0 Å². The summed E-state index contributed by atoms with van der Waals surface area (Å²) >= 11 is 1.70. The van der Waals surface area contributed by atoms with Crippen molar-refractivity contribution in [2.75, 3.05) is 0 Å². The van der Waals surface area contributed by atoms with E-state index < -0.39 is 0 Å². The van der Waals surface area contributed by atoms with E-state index in [1.807, 2.05) is 200 Å². The van der Waals surface area contributed by atoms with Gasteiger partial charge in [-0.15, -0.1) is 11.3 Å². The maximum Gasteiger partial charge on any atom is 0.180 e. The Morgan fingerprint density at radius 2 is 0.670 bits per heavy atom. The summed E-state index contributed by atoms with van der Waals surface area (Å²) in [6, 6.07) is 97.8. The van der Waals surface area contributed by atoms with Crippen molar-refractivity contribution in [3.8, 4) is 125 Å². The summed E-state index contributed by atoms with van der Waals surface area (Å²) in [5.74, 6) is 4.42. The van der Waals surface area contributed by atoms with Gasteiger partial charge in [0, 0.05) is 87.1 Å². The Balaban J connectivity index is 0.690. The van der Waals surface area contributed by atoms with Crippen LogP contribution in [0.2, 0.25) is 0 Å². The summed E-state index contributed by atoms with van der Waals surface area (Å²) in [5.41, 5.74) is 17.5. The molecule has 8 aromatic heterocycles. The summed E-state index contributed by atoms with van der Waals surface area (Å²) in [6.45, 7) is 0. The van der Waals surface area contributed by atoms with E-state index in [1.54, 1.807) is 11.3 Å². The van der Waals surface area contributed by atoms with Crippen molar-refractivity contribution in [3.63, 3.8) is 0 Å². The van der Waals surface area contributed by atoms with Gasteiger partial charge in [-0.05, 0) is 77.9 Å². The van der Waals surface area contributed by atoms with Gasteiger partial charge in [0.15, 0.2) is 52.2 Å². The highest BCUT2D eigenvalue weighted by atomic mass is 32.1. The predicted molar refractivity (Wildman–Crippen MR) is 399 cm³/mol. The molecule has 0 spiro atoms. The molecule has 0 fully saturated rings. The molecule has 0 bridgehead atoms. The highest BCUT2D eigenvalue weighted by Crippen LogP contribution is 2.46. The van der Waals surface area contributed by atoms with Crippen molar-refractivity contribution in [1.82, 2.24) is 49.8 Å². The molecule has 13 nitrogen and oxygen atoms in total. The summed E-state index contributed by atoms with van der Waals surface area (Å²) in [7, 11) is 0. The van der Waals surface area contributed by atoms with Crippen molar-refractivity contribution in [2.45, 2.75) is 0 Å². The molecule has 8 heterocycles. The van der Waals surface area contributed by atoms with E-state index in [0.29, 0.717) is 80.1 Å². The molecule has 0 unspecified atom stereocenters. The number of para-hydroxylation sites is 1. The molecule has 0 atom stereocenters. The zero-order valence-corrected chi connectivity index (χ0v) is 53.6. The number of rotatable bonds is 11. The average Bonchev–Trinajstić information content (AvgIpc) is 1.57. The lowest BCUT2D eigenvalue weighted by molar-refractivity contribution is 0.666. The summed E-state index contributed by atoms with van der Waals surface area (Å²) in [6.07, 6.45) is 0. The summed E-state index contributed by atoms with van der Waals surface area (Å²) in [5, 5.41) is 5.64. The number of aromatic nitrogens is 10. The molecule has 0 amide bonds. The first kappa shape index (κ1) is 56.8. The van der Waals surface area contributed by atoms with Crippen molar-refractivity contribution >= 4 is 97.6 Å². The van der Waals surface area contributed by atoms with Gasteiger partial charge >= 0.3 is 0 Å². The van der Waals surface area contributed by atoms with Crippen molar-refractivity contribution in [1.29, 1.82) is 0 Å². The fourth-order valence-electron chi connectivity index (χ4n) is 13.6. The molecule has 20 aromatic rings. The van der Waals surface area contributed by atoms with Gasteiger partial charge in [-0.1, -0.05) is 224 Å². The summed E-state index contributed by atoms with van der Waals surface area (Å²) < 4.78 is 22.6. The molecule has 14 heteroatoms. The quantitative estimate of drug-likeness (QED) is 0.120. The van der Waals surface area contributed by atoms with Crippen LogP contribution in [0.25, 0.3) is 211 Å². The number of nitrogens with zero attached hydrogens (tertiary/aromatic N) is 10. The van der Waals surface area contributed by atoms with Gasteiger partial charge in [-0.2, -0.15) is 0 Å². The van der Waals surface area contributed by atoms with Crippen LogP contribution >= 0.6 is 11.3 Å². The molecular formula is C86H48N10O3S. The van der Waals surface area contributed by atoms with Gasteiger partial charge in [0.05, 0.1) is 21.5 Å². The van der Waals surface area contributed by atoms with E-state index in [2.05, 4.69) is 91.0 Å². The minimum absolute atomic E-state index is 0.504.